The minimum Gasteiger partial charge on any atom is -0.353 e. The highest BCUT2D eigenvalue weighted by molar-refractivity contribution is 5.80. The Morgan fingerprint density at radius 2 is 2.20 bits per heavy atom. The molecule has 2 atom stereocenters. The fourth-order valence-electron chi connectivity index (χ4n) is 2.81. The maximum absolute atomic E-state index is 4.56. The number of nitrogens with one attached hydrogen (secondary N) is 1. The van der Waals surface area contributed by atoms with Gasteiger partial charge in [-0.05, 0) is 24.7 Å². The molecule has 2 fully saturated rings. The van der Waals surface area contributed by atoms with E-state index in [9.17, 15) is 0 Å². The van der Waals surface area contributed by atoms with Crippen LogP contribution in [0.5, 0.6) is 0 Å². The third-order valence-corrected chi connectivity index (χ3v) is 4.18. The minimum absolute atomic E-state index is 0.745. The van der Waals surface area contributed by atoms with Gasteiger partial charge in [-0.1, -0.05) is 19.3 Å². The Bertz CT molecular complexity index is 270. The topological polar surface area (TPSA) is 27.6 Å². The number of nitrogens with zero attached hydrogens (tertiary/aromatic N) is 2. The Kier molecular flexibility index (Phi) is 2.33. The molecule has 1 heterocycles. The molecule has 0 saturated heterocycles. The van der Waals surface area contributed by atoms with Crippen molar-refractivity contribution in [3.05, 3.63) is 0 Å². The van der Waals surface area contributed by atoms with Crippen LogP contribution in [0, 0.1) is 11.8 Å². The first-order chi connectivity index (χ1) is 7.34. The molecule has 0 bridgehead atoms. The van der Waals surface area contributed by atoms with Crippen LogP contribution in [0.4, 0.5) is 0 Å². The lowest BCUT2D eigenvalue weighted by Crippen LogP contribution is -2.43. The van der Waals surface area contributed by atoms with E-state index in [1.54, 1.807) is 0 Å². The highest BCUT2D eigenvalue weighted by Gasteiger charge is 2.45. The van der Waals surface area contributed by atoms with Crippen LogP contribution in [0.3, 0.4) is 0 Å². The van der Waals surface area contributed by atoms with E-state index in [1.807, 2.05) is 0 Å². The number of guanidine groups is 1. The van der Waals surface area contributed by atoms with Gasteiger partial charge in [0.1, 0.15) is 0 Å². The van der Waals surface area contributed by atoms with E-state index in [4.69, 9.17) is 0 Å². The highest BCUT2D eigenvalue weighted by Crippen LogP contribution is 2.47. The lowest BCUT2D eigenvalue weighted by molar-refractivity contribution is 0.270. The van der Waals surface area contributed by atoms with Crippen molar-refractivity contribution in [2.45, 2.75) is 38.1 Å². The second-order valence-electron chi connectivity index (χ2n) is 5.32. The lowest BCUT2D eigenvalue weighted by atomic mass is 9.81. The van der Waals surface area contributed by atoms with Gasteiger partial charge in [0.15, 0.2) is 5.96 Å². The summed E-state index contributed by atoms with van der Waals surface area (Å²) in [5, 5.41) is 3.62. The van der Waals surface area contributed by atoms with Crippen LogP contribution in [0.2, 0.25) is 0 Å². The van der Waals surface area contributed by atoms with Crippen molar-refractivity contribution in [2.24, 2.45) is 16.8 Å². The van der Waals surface area contributed by atoms with Crippen LogP contribution in [-0.4, -0.2) is 37.0 Å². The zero-order chi connectivity index (χ0) is 10.3. The SMILES string of the molecule is CN1CCCN=C1N[C@@H]1C[C@H]1C1CCC1. The molecular weight excluding hydrogens is 186 g/mol. The second kappa shape index (κ2) is 3.69. The zero-order valence-electron chi connectivity index (χ0n) is 9.58. The van der Waals surface area contributed by atoms with E-state index in [0.29, 0.717) is 0 Å². The summed E-state index contributed by atoms with van der Waals surface area (Å²) in [5.41, 5.74) is 0. The van der Waals surface area contributed by atoms with Gasteiger partial charge in [0.05, 0.1) is 0 Å². The third-order valence-electron chi connectivity index (χ3n) is 4.18. The number of hydrogen-bond donors (Lipinski definition) is 1. The van der Waals surface area contributed by atoms with Crippen LogP contribution in [0.25, 0.3) is 0 Å². The van der Waals surface area contributed by atoms with Gasteiger partial charge in [-0.2, -0.15) is 0 Å². The molecule has 0 amide bonds. The first-order valence-electron chi connectivity index (χ1n) is 6.37. The van der Waals surface area contributed by atoms with Gasteiger partial charge in [-0.3, -0.25) is 4.99 Å². The summed E-state index contributed by atoms with van der Waals surface area (Å²) in [6, 6.07) is 0.745. The van der Waals surface area contributed by atoms with Crippen LogP contribution in [-0.2, 0) is 0 Å². The van der Waals surface area contributed by atoms with Gasteiger partial charge in [-0.15, -0.1) is 0 Å². The van der Waals surface area contributed by atoms with Crippen molar-refractivity contribution in [3.8, 4) is 0 Å². The Labute approximate surface area is 91.9 Å². The molecule has 2 saturated carbocycles. The van der Waals surface area contributed by atoms with E-state index >= 15 is 0 Å². The van der Waals surface area contributed by atoms with Crippen molar-refractivity contribution in [2.75, 3.05) is 20.1 Å². The van der Waals surface area contributed by atoms with E-state index in [1.165, 1.54) is 32.1 Å². The molecule has 15 heavy (non-hydrogen) atoms. The predicted molar refractivity (Wildman–Crippen MR) is 61.9 cm³/mol. The molecule has 0 aromatic rings. The minimum atomic E-state index is 0.745. The highest BCUT2D eigenvalue weighted by atomic mass is 15.3. The maximum atomic E-state index is 4.56. The molecule has 0 unspecified atom stereocenters. The van der Waals surface area contributed by atoms with Crippen molar-refractivity contribution < 1.29 is 0 Å². The summed E-state index contributed by atoms with van der Waals surface area (Å²) in [4.78, 5) is 6.82. The van der Waals surface area contributed by atoms with E-state index in [-0.39, 0.29) is 0 Å². The van der Waals surface area contributed by atoms with Gasteiger partial charge < -0.3 is 10.2 Å². The van der Waals surface area contributed by atoms with Crippen LogP contribution in [0.1, 0.15) is 32.1 Å². The quantitative estimate of drug-likeness (QED) is 0.742. The van der Waals surface area contributed by atoms with Crippen LogP contribution < -0.4 is 5.32 Å². The molecule has 3 rings (SSSR count). The van der Waals surface area contributed by atoms with E-state index in [0.717, 1.165) is 36.9 Å². The average Bonchev–Trinajstić information content (AvgIpc) is 2.86. The summed E-state index contributed by atoms with van der Waals surface area (Å²) >= 11 is 0. The first-order valence-corrected chi connectivity index (χ1v) is 6.37. The fourth-order valence-corrected chi connectivity index (χ4v) is 2.81. The molecule has 2 aliphatic carbocycles. The maximum Gasteiger partial charge on any atom is 0.193 e. The van der Waals surface area contributed by atoms with Gasteiger partial charge in [0, 0.05) is 26.2 Å². The van der Waals surface area contributed by atoms with Crippen LogP contribution in [0.15, 0.2) is 4.99 Å². The van der Waals surface area contributed by atoms with Gasteiger partial charge in [-0.25, -0.2) is 0 Å². The Morgan fingerprint density at radius 1 is 1.33 bits per heavy atom. The normalized spacial score (nSPS) is 35.8. The van der Waals surface area contributed by atoms with E-state index < -0.39 is 0 Å². The number of rotatable bonds is 2. The summed E-state index contributed by atoms with van der Waals surface area (Å²) in [5.74, 6) is 3.15. The molecule has 1 N–H and O–H groups in total. The third kappa shape index (κ3) is 1.84. The molecule has 84 valence electrons. The van der Waals surface area contributed by atoms with Gasteiger partial charge >= 0.3 is 0 Å². The molecular formula is C12H21N3. The van der Waals surface area contributed by atoms with Gasteiger partial charge in [0.25, 0.3) is 0 Å². The molecule has 3 nitrogen and oxygen atoms in total. The van der Waals surface area contributed by atoms with Crippen molar-refractivity contribution in [3.63, 3.8) is 0 Å². The first kappa shape index (κ1) is 9.49. The molecule has 0 spiro atoms. The van der Waals surface area contributed by atoms with Crippen molar-refractivity contribution >= 4 is 5.96 Å². The molecule has 0 radical (unpaired) electrons. The number of aliphatic imine (C=N–C) groups is 1. The Hall–Kier alpha value is -0.730. The average molecular weight is 207 g/mol. The lowest BCUT2D eigenvalue weighted by Gasteiger charge is -2.28. The summed E-state index contributed by atoms with van der Waals surface area (Å²) in [7, 11) is 2.14. The van der Waals surface area contributed by atoms with Crippen LogP contribution >= 0.6 is 0 Å². The Morgan fingerprint density at radius 3 is 2.87 bits per heavy atom. The summed E-state index contributed by atoms with van der Waals surface area (Å²) in [6.07, 6.45) is 7.01. The monoisotopic (exact) mass is 207 g/mol. The second-order valence-corrected chi connectivity index (χ2v) is 5.32. The molecule has 3 aliphatic rings. The Balaban J connectivity index is 1.51. The van der Waals surface area contributed by atoms with Crippen molar-refractivity contribution in [1.82, 2.24) is 10.2 Å². The molecule has 3 heteroatoms. The molecule has 0 aromatic heterocycles. The summed E-state index contributed by atoms with van der Waals surface area (Å²) < 4.78 is 0. The van der Waals surface area contributed by atoms with Crippen molar-refractivity contribution in [1.29, 1.82) is 0 Å². The van der Waals surface area contributed by atoms with E-state index in [2.05, 4.69) is 22.3 Å². The largest absolute Gasteiger partial charge is 0.353 e. The summed E-state index contributed by atoms with van der Waals surface area (Å²) in [6.45, 7) is 2.17. The predicted octanol–water partition coefficient (Wildman–Crippen LogP) is 1.46. The smallest absolute Gasteiger partial charge is 0.193 e. The number of hydrogen-bond acceptors (Lipinski definition) is 3. The fraction of sp³-hybridized carbons (Fsp3) is 0.917. The molecule has 1 aliphatic heterocycles. The zero-order valence-corrected chi connectivity index (χ0v) is 9.58. The standard InChI is InChI=1S/C12H21N3/c1-15-7-3-6-13-12(15)14-11-8-10(11)9-4-2-5-9/h9-11H,2-8H2,1H3,(H,13,14)/t10-,11+/m0/s1. The van der Waals surface area contributed by atoms with Gasteiger partial charge in [0.2, 0.25) is 0 Å². The molecule has 0 aromatic carbocycles.